The minimum absolute atomic E-state index is 1.08. The molecular formula is C58H40N2. The first-order valence-corrected chi connectivity index (χ1v) is 20.6. The van der Waals surface area contributed by atoms with Crippen LogP contribution in [0.3, 0.4) is 0 Å². The van der Waals surface area contributed by atoms with Crippen LogP contribution in [0.2, 0.25) is 0 Å². The molecule has 2 nitrogen and oxygen atoms in total. The van der Waals surface area contributed by atoms with E-state index >= 15 is 0 Å². The second-order valence-corrected chi connectivity index (χ2v) is 15.3. The van der Waals surface area contributed by atoms with E-state index in [0.717, 1.165) is 33.9 Å². The third-order valence-corrected chi connectivity index (χ3v) is 11.8. The maximum absolute atomic E-state index is 2.45. The molecule has 10 aromatic carbocycles. The zero-order valence-corrected chi connectivity index (χ0v) is 33.0. The van der Waals surface area contributed by atoms with Crippen molar-refractivity contribution in [3.05, 3.63) is 243 Å². The van der Waals surface area contributed by atoms with Crippen molar-refractivity contribution in [2.24, 2.45) is 0 Å². The average molecular weight is 765 g/mol. The lowest BCUT2D eigenvalue weighted by Crippen LogP contribution is -2.12. The lowest BCUT2D eigenvalue weighted by Gasteiger charge is -2.30. The van der Waals surface area contributed by atoms with Gasteiger partial charge in [0, 0.05) is 33.3 Å². The van der Waals surface area contributed by atoms with Crippen LogP contribution in [-0.2, 0) is 0 Å². The number of rotatable bonds is 8. The summed E-state index contributed by atoms with van der Waals surface area (Å²) in [6.45, 7) is 0. The summed E-state index contributed by atoms with van der Waals surface area (Å²) in [4.78, 5) is 2.45. The van der Waals surface area contributed by atoms with Crippen LogP contribution >= 0.6 is 0 Å². The summed E-state index contributed by atoms with van der Waals surface area (Å²) in [7, 11) is 0. The smallest absolute Gasteiger partial charge is 0.0547 e. The first-order chi connectivity index (χ1) is 29.8. The van der Waals surface area contributed by atoms with E-state index in [1.807, 2.05) is 0 Å². The molecule has 0 N–H and O–H groups in total. The summed E-state index contributed by atoms with van der Waals surface area (Å²) in [6.07, 6.45) is 0. The van der Waals surface area contributed by atoms with Crippen LogP contribution in [0, 0.1) is 0 Å². The standard InChI is InChI=1S/C58H40N2/c1-4-18-42(19-5-1)48-26-10-13-31-54(48)59(56-33-15-12-28-51(56)53-30-17-23-44-22-16-29-49(58(44)53)43-20-6-2-7-21-43)47-37-34-41(35-38-47)45-36-39-52-50-27-11-14-32-55(50)60(57(52)40-45)46-24-8-3-9-25-46/h1-40H. The van der Waals surface area contributed by atoms with Gasteiger partial charge in [-0.3, -0.25) is 0 Å². The van der Waals surface area contributed by atoms with Gasteiger partial charge in [0.15, 0.2) is 0 Å². The topological polar surface area (TPSA) is 8.17 Å². The van der Waals surface area contributed by atoms with Gasteiger partial charge in [0.2, 0.25) is 0 Å². The van der Waals surface area contributed by atoms with E-state index in [0.29, 0.717) is 0 Å². The highest BCUT2D eigenvalue weighted by atomic mass is 15.1. The molecule has 0 unspecified atom stereocenters. The van der Waals surface area contributed by atoms with Gasteiger partial charge in [0.05, 0.1) is 22.4 Å². The summed E-state index contributed by atoms with van der Waals surface area (Å²) in [5.41, 5.74) is 16.3. The highest BCUT2D eigenvalue weighted by Gasteiger charge is 2.22. The zero-order valence-electron chi connectivity index (χ0n) is 33.0. The molecule has 0 aliphatic heterocycles. The van der Waals surface area contributed by atoms with E-state index in [2.05, 4.69) is 252 Å². The molecule has 2 heteroatoms. The van der Waals surface area contributed by atoms with Crippen LogP contribution in [0.1, 0.15) is 0 Å². The summed E-state index contributed by atoms with van der Waals surface area (Å²) >= 11 is 0. The van der Waals surface area contributed by atoms with E-state index in [9.17, 15) is 0 Å². The third-order valence-electron chi connectivity index (χ3n) is 11.8. The molecule has 0 amide bonds. The predicted molar refractivity (Wildman–Crippen MR) is 255 cm³/mol. The Morgan fingerprint density at radius 2 is 0.817 bits per heavy atom. The van der Waals surface area contributed by atoms with Crippen molar-refractivity contribution < 1.29 is 0 Å². The number of hydrogen-bond donors (Lipinski definition) is 0. The van der Waals surface area contributed by atoms with Gasteiger partial charge in [0.25, 0.3) is 0 Å². The van der Waals surface area contributed by atoms with Gasteiger partial charge in [0.1, 0.15) is 0 Å². The SMILES string of the molecule is c1ccc(-c2ccccc2N(c2ccc(-c3ccc4c5ccccc5n(-c5ccccc5)c4c3)cc2)c2ccccc2-c2cccc3cccc(-c4ccccc4)c23)cc1. The molecule has 0 spiro atoms. The van der Waals surface area contributed by atoms with Crippen LogP contribution in [0.5, 0.6) is 0 Å². The van der Waals surface area contributed by atoms with E-state index in [1.54, 1.807) is 0 Å². The Kier molecular flexibility index (Phi) is 8.87. The summed E-state index contributed by atoms with van der Waals surface area (Å²) in [5, 5.41) is 4.96. The lowest BCUT2D eigenvalue weighted by molar-refractivity contribution is 1.18. The minimum Gasteiger partial charge on any atom is -0.309 e. The molecule has 0 aliphatic rings. The van der Waals surface area contributed by atoms with E-state index in [4.69, 9.17) is 0 Å². The van der Waals surface area contributed by atoms with Crippen molar-refractivity contribution in [3.8, 4) is 50.2 Å². The first-order valence-electron chi connectivity index (χ1n) is 20.6. The minimum atomic E-state index is 1.08. The number of nitrogens with zero attached hydrogens (tertiary/aromatic N) is 2. The fraction of sp³-hybridized carbons (Fsp3) is 0. The Labute approximate surface area is 350 Å². The Morgan fingerprint density at radius 3 is 1.53 bits per heavy atom. The van der Waals surface area contributed by atoms with Crippen LogP contribution < -0.4 is 4.90 Å². The van der Waals surface area contributed by atoms with Gasteiger partial charge in [-0.15, -0.1) is 0 Å². The van der Waals surface area contributed by atoms with Crippen LogP contribution in [0.4, 0.5) is 17.1 Å². The Morgan fingerprint density at radius 1 is 0.300 bits per heavy atom. The highest BCUT2D eigenvalue weighted by Crippen LogP contribution is 2.47. The van der Waals surface area contributed by atoms with E-state index in [1.165, 1.54) is 66.0 Å². The first kappa shape index (κ1) is 35.2. The normalized spacial score (nSPS) is 11.3. The second-order valence-electron chi connectivity index (χ2n) is 15.3. The predicted octanol–water partition coefficient (Wildman–Crippen LogP) is 16.1. The molecule has 282 valence electrons. The number of benzene rings is 10. The number of anilines is 3. The van der Waals surface area contributed by atoms with Gasteiger partial charge < -0.3 is 9.47 Å². The molecule has 0 aliphatic carbocycles. The van der Waals surface area contributed by atoms with E-state index in [-0.39, 0.29) is 0 Å². The summed E-state index contributed by atoms with van der Waals surface area (Å²) in [5.74, 6) is 0. The summed E-state index contributed by atoms with van der Waals surface area (Å²) < 4.78 is 2.39. The van der Waals surface area contributed by atoms with Crippen molar-refractivity contribution >= 4 is 49.6 Å². The molecule has 60 heavy (non-hydrogen) atoms. The van der Waals surface area contributed by atoms with Gasteiger partial charge in [-0.1, -0.05) is 194 Å². The molecular weight excluding hydrogens is 725 g/mol. The van der Waals surface area contributed by atoms with Gasteiger partial charge >= 0.3 is 0 Å². The van der Waals surface area contributed by atoms with Crippen molar-refractivity contribution in [1.82, 2.24) is 4.57 Å². The van der Waals surface area contributed by atoms with Crippen molar-refractivity contribution in [1.29, 1.82) is 0 Å². The van der Waals surface area contributed by atoms with Crippen molar-refractivity contribution in [3.63, 3.8) is 0 Å². The molecule has 0 fully saturated rings. The monoisotopic (exact) mass is 764 g/mol. The molecule has 0 saturated heterocycles. The largest absolute Gasteiger partial charge is 0.309 e. The number of fused-ring (bicyclic) bond motifs is 4. The second kappa shape index (κ2) is 15.1. The van der Waals surface area contributed by atoms with Crippen molar-refractivity contribution in [2.75, 3.05) is 4.90 Å². The molecule has 1 heterocycles. The number of para-hydroxylation sites is 4. The Balaban J connectivity index is 1.10. The van der Waals surface area contributed by atoms with Crippen LogP contribution in [0.15, 0.2) is 243 Å². The average Bonchev–Trinajstić information content (AvgIpc) is 3.66. The molecule has 0 bridgehead atoms. The maximum Gasteiger partial charge on any atom is 0.0547 e. The number of hydrogen-bond acceptors (Lipinski definition) is 1. The van der Waals surface area contributed by atoms with E-state index < -0.39 is 0 Å². The van der Waals surface area contributed by atoms with Crippen LogP contribution in [0.25, 0.3) is 82.8 Å². The molecule has 11 rings (SSSR count). The van der Waals surface area contributed by atoms with Gasteiger partial charge in [-0.05, 0) is 92.7 Å². The molecule has 0 radical (unpaired) electrons. The molecule has 11 aromatic rings. The van der Waals surface area contributed by atoms with Gasteiger partial charge in [-0.2, -0.15) is 0 Å². The Bertz CT molecular complexity index is 3290. The fourth-order valence-electron chi connectivity index (χ4n) is 9.07. The zero-order chi connectivity index (χ0) is 39.8. The van der Waals surface area contributed by atoms with Crippen molar-refractivity contribution in [2.45, 2.75) is 0 Å². The molecule has 0 saturated carbocycles. The Hall–Kier alpha value is -7.94. The quantitative estimate of drug-likeness (QED) is 0.150. The lowest BCUT2D eigenvalue weighted by atomic mass is 9.90. The molecule has 0 atom stereocenters. The number of aromatic nitrogens is 1. The fourth-order valence-corrected chi connectivity index (χ4v) is 9.07. The maximum atomic E-state index is 2.45. The molecule has 1 aromatic heterocycles. The van der Waals surface area contributed by atoms with Crippen LogP contribution in [-0.4, -0.2) is 4.57 Å². The highest BCUT2D eigenvalue weighted by molar-refractivity contribution is 6.11. The van der Waals surface area contributed by atoms with Gasteiger partial charge in [-0.25, -0.2) is 0 Å². The summed E-state index contributed by atoms with van der Waals surface area (Å²) in [6, 6.07) is 87.9. The third kappa shape index (κ3) is 6.14.